The summed E-state index contributed by atoms with van der Waals surface area (Å²) in [6.07, 6.45) is -1.52. The normalized spacial score (nSPS) is 16.9. The molecule has 9 nitrogen and oxygen atoms in total. The Kier molecular flexibility index (Phi) is 7.79. The van der Waals surface area contributed by atoms with Crippen molar-refractivity contribution < 1.29 is 36.2 Å². The third kappa shape index (κ3) is 6.07. The first-order valence-electron chi connectivity index (χ1n) is 13.2. The fraction of sp³-hybridized carbons (Fsp3) is 0.393. The number of sulfonamides is 1. The maximum absolute atomic E-state index is 15.0. The number of aliphatic hydroxyl groups excluding tert-OH is 1. The van der Waals surface area contributed by atoms with E-state index in [4.69, 9.17) is 9.84 Å². The van der Waals surface area contributed by atoms with Gasteiger partial charge in [-0.1, -0.05) is 0 Å². The summed E-state index contributed by atoms with van der Waals surface area (Å²) in [4.78, 5) is 15.4. The van der Waals surface area contributed by atoms with E-state index in [1.165, 1.54) is 30.3 Å². The topological polar surface area (TPSA) is 113 Å². The van der Waals surface area contributed by atoms with Gasteiger partial charge in [-0.15, -0.1) is 0 Å². The second-order valence-electron chi connectivity index (χ2n) is 10.8. The average Bonchev–Trinajstić information content (AvgIpc) is 3.28. The van der Waals surface area contributed by atoms with Gasteiger partial charge >= 0.3 is 0 Å². The SMILES string of the molecule is CC1(C)Cn2c(cc3c(NC(=O)c4ccc(NS(=O)(=O)CCO)cc4N4CCC(=C(F)F)CC4)ccc(F)c32)CO1. The van der Waals surface area contributed by atoms with E-state index in [2.05, 4.69) is 10.0 Å². The van der Waals surface area contributed by atoms with Crippen LogP contribution in [0.3, 0.4) is 0 Å². The summed E-state index contributed by atoms with van der Waals surface area (Å²) in [6.45, 7) is 4.38. The maximum atomic E-state index is 15.0. The fourth-order valence-electron chi connectivity index (χ4n) is 5.29. The number of piperidine rings is 1. The highest BCUT2D eigenvalue weighted by atomic mass is 32.2. The van der Waals surface area contributed by atoms with Gasteiger partial charge in [-0.25, -0.2) is 12.8 Å². The lowest BCUT2D eigenvalue weighted by Gasteiger charge is -2.32. The maximum Gasteiger partial charge on any atom is 0.269 e. The van der Waals surface area contributed by atoms with Crippen molar-refractivity contribution in [3.8, 4) is 0 Å². The zero-order valence-corrected chi connectivity index (χ0v) is 23.5. The van der Waals surface area contributed by atoms with E-state index in [0.29, 0.717) is 28.8 Å². The molecule has 3 heterocycles. The first-order chi connectivity index (χ1) is 19.4. The van der Waals surface area contributed by atoms with E-state index in [0.717, 1.165) is 5.69 Å². The number of anilines is 3. The van der Waals surface area contributed by atoms with Gasteiger partial charge in [-0.3, -0.25) is 9.52 Å². The van der Waals surface area contributed by atoms with Crippen LogP contribution in [0.1, 0.15) is 42.7 Å². The third-order valence-electron chi connectivity index (χ3n) is 7.34. The minimum atomic E-state index is -3.85. The van der Waals surface area contributed by atoms with Crippen LogP contribution >= 0.6 is 0 Å². The van der Waals surface area contributed by atoms with Crippen LogP contribution in [0, 0.1) is 5.82 Å². The minimum absolute atomic E-state index is 0.0468. The molecule has 3 aromatic rings. The van der Waals surface area contributed by atoms with Crippen molar-refractivity contribution in [1.82, 2.24) is 4.57 Å². The summed E-state index contributed by atoms with van der Waals surface area (Å²) in [6, 6.07) is 8.89. The van der Waals surface area contributed by atoms with Crippen LogP contribution in [0.5, 0.6) is 0 Å². The summed E-state index contributed by atoms with van der Waals surface area (Å²) in [7, 11) is -3.85. The summed E-state index contributed by atoms with van der Waals surface area (Å²) < 4.78 is 75.9. The molecule has 0 spiro atoms. The molecular weight excluding hydrogens is 561 g/mol. The van der Waals surface area contributed by atoms with Crippen molar-refractivity contribution in [1.29, 1.82) is 0 Å². The minimum Gasteiger partial charge on any atom is -0.395 e. The first-order valence-corrected chi connectivity index (χ1v) is 14.8. The van der Waals surface area contributed by atoms with Gasteiger partial charge in [0.2, 0.25) is 10.0 Å². The number of fused-ring (bicyclic) bond motifs is 3. The highest BCUT2D eigenvalue weighted by molar-refractivity contribution is 7.92. The Labute approximate surface area is 235 Å². The Balaban J connectivity index is 1.50. The number of aliphatic hydroxyl groups is 1. The third-order valence-corrected chi connectivity index (χ3v) is 8.61. The zero-order chi connectivity index (χ0) is 29.5. The molecule has 0 radical (unpaired) electrons. The van der Waals surface area contributed by atoms with Crippen LogP contribution in [0.2, 0.25) is 0 Å². The molecule has 2 aliphatic heterocycles. The molecule has 1 amide bonds. The van der Waals surface area contributed by atoms with Gasteiger partial charge in [0, 0.05) is 24.2 Å². The van der Waals surface area contributed by atoms with Crippen LogP contribution in [-0.4, -0.2) is 55.0 Å². The predicted octanol–water partition coefficient (Wildman–Crippen LogP) is 4.83. The van der Waals surface area contributed by atoms with E-state index in [1.54, 1.807) is 11.0 Å². The van der Waals surface area contributed by atoms with E-state index >= 15 is 4.39 Å². The van der Waals surface area contributed by atoms with E-state index < -0.39 is 45.8 Å². The summed E-state index contributed by atoms with van der Waals surface area (Å²) in [5.74, 6) is -1.47. The second-order valence-corrected chi connectivity index (χ2v) is 12.7. The van der Waals surface area contributed by atoms with Crippen molar-refractivity contribution in [3.05, 3.63) is 65.1 Å². The molecule has 220 valence electrons. The summed E-state index contributed by atoms with van der Waals surface area (Å²) in [5.41, 5.74) is 1.77. The molecular formula is C28H31F3N4O5S. The molecule has 13 heteroatoms. The Morgan fingerprint density at radius 1 is 1.12 bits per heavy atom. The van der Waals surface area contributed by atoms with Gasteiger partial charge in [0.05, 0.1) is 59.3 Å². The Morgan fingerprint density at radius 2 is 1.85 bits per heavy atom. The molecule has 0 saturated carbocycles. The fourth-order valence-corrected chi connectivity index (χ4v) is 6.12. The quantitative estimate of drug-likeness (QED) is 0.363. The van der Waals surface area contributed by atoms with Gasteiger partial charge in [0.15, 0.2) is 0 Å². The molecule has 3 N–H and O–H groups in total. The summed E-state index contributed by atoms with van der Waals surface area (Å²) in [5, 5.41) is 12.4. The standard InChI is InChI=1S/C28H31F3N4O5S/c1-28(2)16-35-19(15-40-28)14-21-23(6-5-22(29)25(21)35)32-27(37)20-4-3-18(33-41(38,39)12-11-36)13-24(20)34-9-7-17(8-10-34)26(30)31/h3-6,13-14,33,36H,7-12,15-16H2,1-2H3,(H,32,37). The number of hydrogen-bond acceptors (Lipinski definition) is 6. The van der Waals surface area contributed by atoms with Gasteiger partial charge in [0.25, 0.3) is 12.0 Å². The number of halogens is 3. The smallest absolute Gasteiger partial charge is 0.269 e. The molecule has 41 heavy (non-hydrogen) atoms. The number of ether oxygens (including phenoxy) is 1. The van der Waals surface area contributed by atoms with Crippen molar-refractivity contribution in [2.24, 2.45) is 0 Å². The Bertz CT molecular complexity index is 1640. The van der Waals surface area contributed by atoms with E-state index in [1.807, 2.05) is 18.4 Å². The average molecular weight is 593 g/mol. The zero-order valence-electron chi connectivity index (χ0n) is 22.6. The van der Waals surface area contributed by atoms with Gasteiger partial charge in [0.1, 0.15) is 5.82 Å². The molecule has 1 fully saturated rings. The number of amides is 1. The number of aromatic nitrogens is 1. The number of nitrogens with one attached hydrogen (secondary N) is 2. The molecule has 0 aliphatic carbocycles. The lowest BCUT2D eigenvalue weighted by atomic mass is 10.0. The Hall–Kier alpha value is -3.55. The van der Waals surface area contributed by atoms with Crippen LogP contribution in [0.25, 0.3) is 10.9 Å². The number of carbonyl (C=O) groups excluding carboxylic acids is 1. The molecule has 1 aromatic heterocycles. The molecule has 2 aliphatic rings. The van der Waals surface area contributed by atoms with Crippen LogP contribution < -0.4 is 14.9 Å². The number of rotatable bonds is 7. The van der Waals surface area contributed by atoms with E-state index in [9.17, 15) is 22.0 Å². The second kappa shape index (κ2) is 11.0. The number of carbonyl (C=O) groups is 1. The predicted molar refractivity (Wildman–Crippen MR) is 150 cm³/mol. The number of benzene rings is 2. The highest BCUT2D eigenvalue weighted by Crippen LogP contribution is 2.36. The van der Waals surface area contributed by atoms with Crippen LogP contribution in [0.4, 0.5) is 30.2 Å². The van der Waals surface area contributed by atoms with Gasteiger partial charge < -0.3 is 24.6 Å². The number of hydrogen-bond donors (Lipinski definition) is 3. The molecule has 0 bridgehead atoms. The van der Waals surface area contributed by atoms with Gasteiger partial charge in [-0.05, 0) is 68.7 Å². The van der Waals surface area contributed by atoms with Gasteiger partial charge in [-0.2, -0.15) is 8.78 Å². The molecule has 1 saturated heterocycles. The highest BCUT2D eigenvalue weighted by Gasteiger charge is 2.30. The molecule has 0 atom stereocenters. The van der Waals surface area contributed by atoms with Crippen molar-refractivity contribution in [3.63, 3.8) is 0 Å². The lowest BCUT2D eigenvalue weighted by molar-refractivity contribution is -0.0614. The molecule has 5 rings (SSSR count). The largest absolute Gasteiger partial charge is 0.395 e. The van der Waals surface area contributed by atoms with E-state index in [-0.39, 0.29) is 49.4 Å². The van der Waals surface area contributed by atoms with Crippen molar-refractivity contribution in [2.45, 2.75) is 45.4 Å². The first kappa shape index (κ1) is 29.0. The van der Waals surface area contributed by atoms with Crippen LogP contribution in [-0.2, 0) is 27.9 Å². The van der Waals surface area contributed by atoms with Crippen LogP contribution in [0.15, 0.2) is 48.1 Å². The monoisotopic (exact) mass is 592 g/mol. The number of nitrogens with zero attached hydrogens (tertiary/aromatic N) is 2. The molecule has 2 aromatic carbocycles. The van der Waals surface area contributed by atoms with Crippen molar-refractivity contribution >= 4 is 43.9 Å². The van der Waals surface area contributed by atoms with Crippen molar-refractivity contribution in [2.75, 3.05) is 40.4 Å². The Morgan fingerprint density at radius 3 is 2.54 bits per heavy atom. The summed E-state index contributed by atoms with van der Waals surface area (Å²) >= 11 is 0. The lowest BCUT2D eigenvalue weighted by Crippen LogP contribution is -2.35. The molecule has 0 unspecified atom stereocenters.